The second-order valence-electron chi connectivity index (χ2n) is 5.34. The quantitative estimate of drug-likeness (QED) is 0.853. The Morgan fingerprint density at radius 3 is 2.55 bits per heavy atom. The molecule has 1 atom stereocenters. The third kappa shape index (κ3) is 3.46. The summed E-state index contributed by atoms with van der Waals surface area (Å²) in [5, 5.41) is 0. The Morgan fingerprint density at radius 1 is 1.30 bits per heavy atom. The molecule has 0 saturated carbocycles. The molecule has 1 heterocycles. The van der Waals surface area contributed by atoms with Crippen molar-refractivity contribution in [2.45, 2.75) is 32.8 Å². The molecule has 0 radical (unpaired) electrons. The van der Waals surface area contributed by atoms with Gasteiger partial charge in [-0.2, -0.15) is 0 Å². The number of likely N-dealkylation sites (tertiary alicyclic amines) is 1. The largest absolute Gasteiger partial charge is 0.481 e. The van der Waals surface area contributed by atoms with E-state index in [9.17, 15) is 13.6 Å². The van der Waals surface area contributed by atoms with Crippen molar-refractivity contribution in [1.82, 2.24) is 4.90 Å². The fourth-order valence-corrected chi connectivity index (χ4v) is 2.29. The maximum absolute atomic E-state index is 13.1. The molecule has 0 aromatic heterocycles. The molecule has 110 valence electrons. The monoisotopic (exact) mass is 283 g/mol. The summed E-state index contributed by atoms with van der Waals surface area (Å²) in [6, 6.07) is 3.27. The van der Waals surface area contributed by atoms with E-state index in [1.165, 1.54) is 6.07 Å². The second kappa shape index (κ2) is 6.20. The summed E-state index contributed by atoms with van der Waals surface area (Å²) in [6.45, 7) is 5.25. The van der Waals surface area contributed by atoms with Crippen molar-refractivity contribution in [3.8, 4) is 5.75 Å². The number of nitrogens with zero attached hydrogens (tertiary/aromatic N) is 1. The minimum atomic E-state index is -0.978. The van der Waals surface area contributed by atoms with Crippen molar-refractivity contribution in [3.63, 3.8) is 0 Å². The van der Waals surface area contributed by atoms with Gasteiger partial charge in [-0.3, -0.25) is 4.79 Å². The van der Waals surface area contributed by atoms with E-state index in [-0.39, 0.29) is 11.7 Å². The van der Waals surface area contributed by atoms with Crippen LogP contribution in [0.4, 0.5) is 8.78 Å². The summed E-state index contributed by atoms with van der Waals surface area (Å²) in [5.74, 6) is -1.21. The highest BCUT2D eigenvalue weighted by atomic mass is 19.2. The second-order valence-corrected chi connectivity index (χ2v) is 5.34. The zero-order valence-electron chi connectivity index (χ0n) is 11.7. The predicted octanol–water partition coefficient (Wildman–Crippen LogP) is 2.99. The van der Waals surface area contributed by atoms with Crippen LogP contribution in [0.5, 0.6) is 5.75 Å². The summed E-state index contributed by atoms with van der Waals surface area (Å²) in [4.78, 5) is 14.0. The van der Waals surface area contributed by atoms with Gasteiger partial charge in [0.1, 0.15) is 5.75 Å². The summed E-state index contributed by atoms with van der Waals surface area (Å²) in [7, 11) is 0. The van der Waals surface area contributed by atoms with E-state index < -0.39 is 17.7 Å². The van der Waals surface area contributed by atoms with E-state index in [1.54, 1.807) is 11.8 Å². The van der Waals surface area contributed by atoms with Gasteiger partial charge in [-0.15, -0.1) is 0 Å². The van der Waals surface area contributed by atoms with Crippen molar-refractivity contribution in [1.29, 1.82) is 0 Å². The van der Waals surface area contributed by atoms with E-state index in [0.29, 0.717) is 5.92 Å². The SMILES string of the molecule is CC1CCN(C(=O)C(C)Oc2ccc(F)c(F)c2)CC1. The molecular formula is C15H19F2NO2. The molecule has 1 unspecified atom stereocenters. The summed E-state index contributed by atoms with van der Waals surface area (Å²) >= 11 is 0. The molecule has 0 bridgehead atoms. The summed E-state index contributed by atoms with van der Waals surface area (Å²) in [6.07, 6.45) is 1.28. The number of carbonyl (C=O) groups is 1. The van der Waals surface area contributed by atoms with Crippen LogP contribution in [0.1, 0.15) is 26.7 Å². The minimum Gasteiger partial charge on any atom is -0.481 e. The van der Waals surface area contributed by atoms with Gasteiger partial charge in [-0.25, -0.2) is 8.78 Å². The van der Waals surface area contributed by atoms with Gasteiger partial charge in [0.25, 0.3) is 5.91 Å². The van der Waals surface area contributed by atoms with Crippen LogP contribution in [0.3, 0.4) is 0 Å². The lowest BCUT2D eigenvalue weighted by Crippen LogP contribution is -2.44. The number of ether oxygens (including phenoxy) is 1. The molecule has 0 spiro atoms. The van der Waals surface area contributed by atoms with Gasteiger partial charge in [0.2, 0.25) is 0 Å². The van der Waals surface area contributed by atoms with Crippen LogP contribution in [-0.4, -0.2) is 30.0 Å². The first-order chi connectivity index (χ1) is 9.47. The molecule has 1 saturated heterocycles. The smallest absolute Gasteiger partial charge is 0.263 e. The van der Waals surface area contributed by atoms with Gasteiger partial charge in [0, 0.05) is 19.2 Å². The van der Waals surface area contributed by atoms with Crippen LogP contribution >= 0.6 is 0 Å². The standard InChI is InChI=1S/C15H19F2NO2/c1-10-5-7-18(8-6-10)15(19)11(2)20-12-3-4-13(16)14(17)9-12/h3-4,9-11H,5-8H2,1-2H3. The van der Waals surface area contributed by atoms with Gasteiger partial charge >= 0.3 is 0 Å². The average Bonchev–Trinajstić information content (AvgIpc) is 2.43. The number of piperidine rings is 1. The van der Waals surface area contributed by atoms with Crippen LogP contribution in [0.15, 0.2) is 18.2 Å². The third-order valence-electron chi connectivity index (χ3n) is 3.65. The molecule has 20 heavy (non-hydrogen) atoms. The number of carbonyl (C=O) groups excluding carboxylic acids is 1. The molecule has 2 rings (SSSR count). The number of amides is 1. The summed E-state index contributed by atoms with van der Waals surface area (Å²) < 4.78 is 31.3. The fourth-order valence-electron chi connectivity index (χ4n) is 2.29. The normalized spacial score (nSPS) is 17.9. The van der Waals surface area contributed by atoms with Crippen molar-refractivity contribution >= 4 is 5.91 Å². The minimum absolute atomic E-state index is 0.110. The molecule has 1 fully saturated rings. The highest BCUT2D eigenvalue weighted by Gasteiger charge is 2.25. The first kappa shape index (κ1) is 14.8. The van der Waals surface area contributed by atoms with Crippen LogP contribution < -0.4 is 4.74 Å². The van der Waals surface area contributed by atoms with Crippen LogP contribution in [0, 0.1) is 17.6 Å². The first-order valence-corrected chi connectivity index (χ1v) is 6.88. The number of hydrogen-bond donors (Lipinski definition) is 0. The maximum Gasteiger partial charge on any atom is 0.263 e. The Bertz CT molecular complexity index is 485. The summed E-state index contributed by atoms with van der Waals surface area (Å²) in [5.41, 5.74) is 0. The van der Waals surface area contributed by atoms with Crippen LogP contribution in [-0.2, 0) is 4.79 Å². The van der Waals surface area contributed by atoms with Crippen molar-refractivity contribution in [2.24, 2.45) is 5.92 Å². The van der Waals surface area contributed by atoms with Crippen molar-refractivity contribution < 1.29 is 18.3 Å². The van der Waals surface area contributed by atoms with Gasteiger partial charge in [0.05, 0.1) is 0 Å². The highest BCUT2D eigenvalue weighted by molar-refractivity contribution is 5.81. The Morgan fingerprint density at radius 2 is 1.95 bits per heavy atom. The third-order valence-corrected chi connectivity index (χ3v) is 3.65. The van der Waals surface area contributed by atoms with E-state index >= 15 is 0 Å². The zero-order chi connectivity index (χ0) is 14.7. The number of hydrogen-bond acceptors (Lipinski definition) is 2. The predicted molar refractivity (Wildman–Crippen MR) is 71.4 cm³/mol. The molecule has 1 amide bonds. The molecular weight excluding hydrogens is 264 g/mol. The first-order valence-electron chi connectivity index (χ1n) is 6.88. The van der Waals surface area contributed by atoms with E-state index in [4.69, 9.17) is 4.74 Å². The molecule has 1 aliphatic heterocycles. The average molecular weight is 283 g/mol. The topological polar surface area (TPSA) is 29.5 Å². The van der Waals surface area contributed by atoms with Crippen molar-refractivity contribution in [2.75, 3.05) is 13.1 Å². The highest BCUT2D eigenvalue weighted by Crippen LogP contribution is 2.20. The lowest BCUT2D eigenvalue weighted by atomic mass is 9.99. The Balaban J connectivity index is 1.95. The lowest BCUT2D eigenvalue weighted by Gasteiger charge is -2.32. The number of rotatable bonds is 3. The lowest BCUT2D eigenvalue weighted by molar-refractivity contribution is -0.139. The molecule has 1 aliphatic rings. The van der Waals surface area contributed by atoms with E-state index in [1.807, 2.05) is 0 Å². The Labute approximate surface area is 117 Å². The Kier molecular flexibility index (Phi) is 4.57. The fraction of sp³-hybridized carbons (Fsp3) is 0.533. The van der Waals surface area contributed by atoms with Gasteiger partial charge in [0.15, 0.2) is 17.7 Å². The molecule has 1 aromatic carbocycles. The molecule has 1 aromatic rings. The Hall–Kier alpha value is -1.65. The molecule has 5 heteroatoms. The number of benzene rings is 1. The number of halogens is 2. The molecule has 3 nitrogen and oxygen atoms in total. The van der Waals surface area contributed by atoms with E-state index in [2.05, 4.69) is 6.92 Å². The van der Waals surface area contributed by atoms with Gasteiger partial charge in [-0.1, -0.05) is 6.92 Å². The molecule has 0 N–H and O–H groups in total. The van der Waals surface area contributed by atoms with Gasteiger partial charge < -0.3 is 9.64 Å². The van der Waals surface area contributed by atoms with Crippen molar-refractivity contribution in [3.05, 3.63) is 29.8 Å². The van der Waals surface area contributed by atoms with Crippen LogP contribution in [0.2, 0.25) is 0 Å². The zero-order valence-corrected chi connectivity index (χ0v) is 11.7. The van der Waals surface area contributed by atoms with E-state index in [0.717, 1.165) is 38.1 Å². The molecule has 0 aliphatic carbocycles. The maximum atomic E-state index is 13.1. The van der Waals surface area contributed by atoms with Crippen LogP contribution in [0.25, 0.3) is 0 Å². The van der Waals surface area contributed by atoms with Gasteiger partial charge in [-0.05, 0) is 37.8 Å².